The van der Waals surface area contributed by atoms with Crippen molar-refractivity contribution in [3.63, 3.8) is 0 Å². The molecule has 1 rings (SSSR count). The summed E-state index contributed by atoms with van der Waals surface area (Å²) in [7, 11) is -3.17. The Morgan fingerprint density at radius 3 is 2.74 bits per heavy atom. The second kappa shape index (κ2) is 7.22. The highest BCUT2D eigenvalue weighted by Crippen LogP contribution is 2.08. The average Bonchev–Trinajstić information content (AvgIpc) is 2.30. The Balaban J connectivity index is 2.51. The Kier molecular flexibility index (Phi) is 5.93. The summed E-state index contributed by atoms with van der Waals surface area (Å²) in [6.07, 6.45) is 1.11. The van der Waals surface area contributed by atoms with Crippen LogP contribution in [0.4, 0.5) is 11.6 Å². The van der Waals surface area contributed by atoms with E-state index < -0.39 is 10.0 Å². The number of sulfonamides is 1. The summed E-state index contributed by atoms with van der Waals surface area (Å²) in [5.41, 5.74) is 5.65. The molecule has 0 spiro atoms. The van der Waals surface area contributed by atoms with Crippen LogP contribution in [0.1, 0.15) is 12.7 Å². The van der Waals surface area contributed by atoms with Gasteiger partial charge in [0.05, 0.1) is 6.26 Å². The average molecular weight is 289 g/mol. The van der Waals surface area contributed by atoms with Gasteiger partial charge in [0.1, 0.15) is 18.2 Å². The van der Waals surface area contributed by atoms with Gasteiger partial charge >= 0.3 is 0 Å². The molecule has 8 nitrogen and oxygen atoms in total. The largest absolute Gasteiger partial charge is 0.384 e. The minimum absolute atomic E-state index is 0.267. The van der Waals surface area contributed by atoms with E-state index in [4.69, 9.17) is 10.5 Å². The predicted molar refractivity (Wildman–Crippen MR) is 73.1 cm³/mol. The molecule has 0 aromatic carbocycles. The summed E-state index contributed by atoms with van der Waals surface area (Å²) < 4.78 is 29.3. The number of nitrogen functional groups attached to an aromatic ring is 1. The second-order valence-corrected chi connectivity index (χ2v) is 5.66. The molecule has 19 heavy (non-hydrogen) atoms. The normalized spacial score (nSPS) is 11.5. The van der Waals surface area contributed by atoms with Crippen LogP contribution < -0.4 is 15.8 Å². The van der Waals surface area contributed by atoms with Crippen molar-refractivity contribution in [1.29, 1.82) is 0 Å². The third-order valence-electron chi connectivity index (χ3n) is 2.02. The van der Waals surface area contributed by atoms with Crippen molar-refractivity contribution in [2.75, 3.05) is 37.0 Å². The van der Waals surface area contributed by atoms with Crippen LogP contribution in [0.25, 0.3) is 0 Å². The van der Waals surface area contributed by atoms with E-state index >= 15 is 0 Å². The summed E-state index contributed by atoms with van der Waals surface area (Å²) in [6.45, 7) is 3.40. The van der Waals surface area contributed by atoms with E-state index in [2.05, 4.69) is 20.0 Å². The van der Waals surface area contributed by atoms with E-state index in [0.717, 1.165) is 6.26 Å². The van der Waals surface area contributed by atoms with Crippen molar-refractivity contribution in [2.24, 2.45) is 0 Å². The molecule has 0 radical (unpaired) electrons. The van der Waals surface area contributed by atoms with Gasteiger partial charge in [-0.3, -0.25) is 0 Å². The molecular weight excluding hydrogens is 270 g/mol. The van der Waals surface area contributed by atoms with Gasteiger partial charge in [0, 0.05) is 25.8 Å². The predicted octanol–water partition coefficient (Wildman–Crippen LogP) is -0.444. The number of hydrogen-bond acceptors (Lipinski definition) is 7. The molecule has 0 bridgehead atoms. The fourth-order valence-electron chi connectivity index (χ4n) is 1.29. The lowest BCUT2D eigenvalue weighted by Gasteiger charge is -2.08. The van der Waals surface area contributed by atoms with Crippen molar-refractivity contribution in [3.8, 4) is 0 Å². The molecule has 1 aromatic rings. The minimum atomic E-state index is -3.17. The Morgan fingerprint density at radius 1 is 1.37 bits per heavy atom. The topological polar surface area (TPSA) is 119 Å². The van der Waals surface area contributed by atoms with Crippen LogP contribution in [0.15, 0.2) is 6.07 Å². The van der Waals surface area contributed by atoms with Gasteiger partial charge in [-0.15, -0.1) is 0 Å². The van der Waals surface area contributed by atoms with Gasteiger partial charge in [0.25, 0.3) is 0 Å². The second-order valence-electron chi connectivity index (χ2n) is 3.82. The molecule has 4 N–H and O–H groups in total. The van der Waals surface area contributed by atoms with Crippen LogP contribution in [0.2, 0.25) is 0 Å². The maximum absolute atomic E-state index is 10.9. The highest BCUT2D eigenvalue weighted by molar-refractivity contribution is 7.88. The van der Waals surface area contributed by atoms with Crippen molar-refractivity contribution in [2.45, 2.75) is 13.5 Å². The zero-order valence-corrected chi connectivity index (χ0v) is 11.8. The van der Waals surface area contributed by atoms with Crippen LogP contribution in [-0.2, 0) is 21.4 Å². The number of rotatable bonds is 8. The molecule has 9 heteroatoms. The molecule has 0 amide bonds. The molecule has 1 aromatic heterocycles. The highest BCUT2D eigenvalue weighted by Gasteiger charge is 2.03. The highest BCUT2D eigenvalue weighted by atomic mass is 32.2. The summed E-state index contributed by atoms with van der Waals surface area (Å²) >= 11 is 0. The molecule has 0 atom stereocenters. The Bertz CT molecular complexity index is 506. The van der Waals surface area contributed by atoms with E-state index in [1.165, 1.54) is 0 Å². The molecule has 0 aliphatic carbocycles. The number of anilines is 2. The van der Waals surface area contributed by atoms with Crippen LogP contribution >= 0.6 is 0 Å². The number of hydrogen-bond donors (Lipinski definition) is 3. The first-order valence-corrected chi connectivity index (χ1v) is 7.69. The first kappa shape index (κ1) is 15.6. The third kappa shape index (κ3) is 6.89. The smallest absolute Gasteiger partial charge is 0.208 e. The SMILES string of the molecule is CCOCc1nc(N)cc(NCCNS(C)(=O)=O)n1. The first-order chi connectivity index (χ1) is 8.90. The molecule has 0 aliphatic heterocycles. The van der Waals surface area contributed by atoms with Crippen LogP contribution in [0.3, 0.4) is 0 Å². The van der Waals surface area contributed by atoms with Crippen molar-refractivity contribution in [3.05, 3.63) is 11.9 Å². The van der Waals surface area contributed by atoms with E-state index in [1.807, 2.05) is 6.92 Å². The lowest BCUT2D eigenvalue weighted by molar-refractivity contribution is 0.128. The Labute approximate surface area is 112 Å². The fraction of sp³-hybridized carbons (Fsp3) is 0.600. The maximum Gasteiger partial charge on any atom is 0.208 e. The molecule has 1 heterocycles. The third-order valence-corrected chi connectivity index (χ3v) is 2.75. The zero-order valence-electron chi connectivity index (χ0n) is 11.0. The van der Waals surface area contributed by atoms with Crippen molar-refractivity contribution in [1.82, 2.24) is 14.7 Å². The van der Waals surface area contributed by atoms with Gasteiger partial charge < -0.3 is 15.8 Å². The van der Waals surface area contributed by atoms with Crippen LogP contribution in [0.5, 0.6) is 0 Å². The number of nitrogens with one attached hydrogen (secondary N) is 2. The summed E-state index contributed by atoms with van der Waals surface area (Å²) in [6, 6.07) is 1.58. The van der Waals surface area contributed by atoms with Crippen LogP contribution in [-0.4, -0.2) is 44.3 Å². The molecule has 0 unspecified atom stereocenters. The van der Waals surface area contributed by atoms with Gasteiger partial charge in [0.15, 0.2) is 5.82 Å². The molecular formula is C10H19N5O3S. The summed E-state index contributed by atoms with van der Waals surface area (Å²) in [5, 5.41) is 2.96. The molecule has 0 saturated carbocycles. The fourth-order valence-corrected chi connectivity index (χ4v) is 1.77. The van der Waals surface area contributed by atoms with Gasteiger partial charge in [-0.05, 0) is 6.92 Å². The monoisotopic (exact) mass is 289 g/mol. The van der Waals surface area contributed by atoms with Gasteiger partial charge in [-0.2, -0.15) is 0 Å². The summed E-state index contributed by atoms with van der Waals surface area (Å²) in [5.74, 6) is 1.36. The summed E-state index contributed by atoms with van der Waals surface area (Å²) in [4.78, 5) is 8.23. The standard InChI is InChI=1S/C10H19N5O3S/c1-3-18-7-10-14-8(11)6-9(15-10)12-4-5-13-19(2,16)17/h6,13H,3-5,7H2,1-2H3,(H3,11,12,14,15). The lowest BCUT2D eigenvalue weighted by Crippen LogP contribution is -2.27. The van der Waals surface area contributed by atoms with Gasteiger partial charge in [-0.25, -0.2) is 23.1 Å². The lowest BCUT2D eigenvalue weighted by atomic mass is 10.4. The van der Waals surface area contributed by atoms with E-state index in [9.17, 15) is 8.42 Å². The molecule has 108 valence electrons. The molecule has 0 saturated heterocycles. The van der Waals surface area contributed by atoms with Gasteiger partial charge in [0.2, 0.25) is 10.0 Å². The number of nitrogens with zero attached hydrogens (tertiary/aromatic N) is 2. The molecule has 0 aliphatic rings. The zero-order chi connectivity index (χ0) is 14.3. The Hall–Kier alpha value is -1.45. The van der Waals surface area contributed by atoms with E-state index in [1.54, 1.807) is 6.07 Å². The van der Waals surface area contributed by atoms with Crippen molar-refractivity contribution >= 4 is 21.7 Å². The van der Waals surface area contributed by atoms with E-state index in [-0.39, 0.29) is 13.2 Å². The number of ether oxygens (including phenoxy) is 1. The number of nitrogens with two attached hydrogens (primary N) is 1. The number of aromatic nitrogens is 2. The Morgan fingerprint density at radius 2 is 2.11 bits per heavy atom. The van der Waals surface area contributed by atoms with E-state index in [0.29, 0.717) is 30.6 Å². The molecule has 0 fully saturated rings. The van der Waals surface area contributed by atoms with Crippen LogP contribution in [0, 0.1) is 0 Å². The first-order valence-electron chi connectivity index (χ1n) is 5.80. The maximum atomic E-state index is 10.9. The van der Waals surface area contributed by atoms with Gasteiger partial charge in [-0.1, -0.05) is 0 Å². The quantitative estimate of drug-likeness (QED) is 0.555. The minimum Gasteiger partial charge on any atom is -0.384 e. The van der Waals surface area contributed by atoms with Crippen molar-refractivity contribution < 1.29 is 13.2 Å².